The van der Waals surface area contributed by atoms with Crippen LogP contribution in [0.4, 0.5) is 5.69 Å². The molecule has 2 aromatic heterocycles. The van der Waals surface area contributed by atoms with Crippen molar-refractivity contribution < 1.29 is 9.72 Å². The molecule has 0 aliphatic rings. The van der Waals surface area contributed by atoms with Gasteiger partial charge in [0.25, 0.3) is 11.6 Å². The molecule has 1 amide bonds. The molecule has 0 bridgehead atoms. The number of amides is 1. The number of carbonyl (C=O) groups excluding carboxylic acids is 1. The molecule has 8 heteroatoms. The molecular formula is C17H15N5O3. The lowest BCUT2D eigenvalue weighted by atomic mass is 10.2. The van der Waals surface area contributed by atoms with Crippen molar-refractivity contribution in [2.45, 2.75) is 13.8 Å². The molecule has 0 unspecified atom stereocenters. The van der Waals surface area contributed by atoms with Crippen molar-refractivity contribution in [1.29, 1.82) is 0 Å². The Morgan fingerprint density at radius 3 is 2.80 bits per heavy atom. The number of carbonyl (C=O) groups is 1. The van der Waals surface area contributed by atoms with Gasteiger partial charge in [-0.3, -0.25) is 19.3 Å². The molecule has 0 saturated carbocycles. The highest BCUT2D eigenvalue weighted by atomic mass is 16.6. The fourth-order valence-corrected chi connectivity index (χ4v) is 2.57. The van der Waals surface area contributed by atoms with E-state index in [9.17, 15) is 14.9 Å². The topological polar surface area (TPSA) is 102 Å². The van der Waals surface area contributed by atoms with Gasteiger partial charge >= 0.3 is 0 Å². The van der Waals surface area contributed by atoms with E-state index >= 15 is 0 Å². The molecule has 126 valence electrons. The highest BCUT2D eigenvalue weighted by molar-refractivity contribution is 5.95. The molecule has 3 rings (SSSR count). The first-order valence-corrected chi connectivity index (χ1v) is 7.50. The summed E-state index contributed by atoms with van der Waals surface area (Å²) in [5.74, 6) is -0.439. The van der Waals surface area contributed by atoms with Crippen LogP contribution in [0.5, 0.6) is 0 Å². The number of nitro groups is 1. The number of para-hydroxylation sites is 1. The molecule has 3 aromatic rings. The summed E-state index contributed by atoms with van der Waals surface area (Å²) in [6.07, 6.45) is 3.00. The maximum absolute atomic E-state index is 12.4. The predicted octanol–water partition coefficient (Wildman–Crippen LogP) is 2.62. The van der Waals surface area contributed by atoms with E-state index < -0.39 is 10.8 Å². The lowest BCUT2D eigenvalue weighted by Crippen LogP contribution is -2.20. The molecular weight excluding hydrogens is 322 g/mol. The van der Waals surface area contributed by atoms with Crippen LogP contribution in [0.15, 0.2) is 47.7 Å². The summed E-state index contributed by atoms with van der Waals surface area (Å²) in [7, 11) is 0. The van der Waals surface area contributed by atoms with E-state index in [-0.39, 0.29) is 5.69 Å². The van der Waals surface area contributed by atoms with Gasteiger partial charge in [0.15, 0.2) is 0 Å². The first-order valence-electron chi connectivity index (χ1n) is 7.50. The molecule has 0 saturated heterocycles. The average molecular weight is 337 g/mol. The molecule has 0 fully saturated rings. The second-order valence-corrected chi connectivity index (χ2v) is 5.45. The zero-order valence-corrected chi connectivity index (χ0v) is 13.6. The molecule has 0 atom stereocenters. The van der Waals surface area contributed by atoms with Gasteiger partial charge in [-0.05, 0) is 31.5 Å². The Hall–Kier alpha value is -3.55. The van der Waals surface area contributed by atoms with Crippen molar-refractivity contribution >= 4 is 23.5 Å². The maximum atomic E-state index is 12.4. The number of imidazole rings is 1. The first kappa shape index (κ1) is 16.3. The fourth-order valence-electron chi connectivity index (χ4n) is 2.57. The number of hydrazone groups is 1. The number of aromatic nitrogens is 2. The average Bonchev–Trinajstić information content (AvgIpc) is 2.92. The molecule has 25 heavy (non-hydrogen) atoms. The maximum Gasteiger partial charge on any atom is 0.290 e. The summed E-state index contributed by atoms with van der Waals surface area (Å²) in [5.41, 5.74) is 5.23. The van der Waals surface area contributed by atoms with Gasteiger partial charge in [0.1, 0.15) is 11.3 Å². The van der Waals surface area contributed by atoms with Crippen LogP contribution >= 0.6 is 0 Å². The predicted molar refractivity (Wildman–Crippen MR) is 92.8 cm³/mol. The molecule has 2 heterocycles. The number of nitrogens with one attached hydrogen (secondary N) is 1. The molecule has 0 spiro atoms. The summed E-state index contributed by atoms with van der Waals surface area (Å²) in [6, 6.07) is 9.90. The van der Waals surface area contributed by atoms with Gasteiger partial charge in [0, 0.05) is 12.3 Å². The van der Waals surface area contributed by atoms with Gasteiger partial charge in [-0.15, -0.1) is 0 Å². The minimum Gasteiger partial charge on any atom is -0.295 e. The second kappa shape index (κ2) is 6.52. The smallest absolute Gasteiger partial charge is 0.290 e. The fraction of sp³-hybridized carbons (Fsp3) is 0.118. The number of hydrogen-bond donors (Lipinski definition) is 1. The third-order valence-electron chi connectivity index (χ3n) is 3.74. The van der Waals surface area contributed by atoms with Gasteiger partial charge in [-0.1, -0.05) is 18.2 Å². The quantitative estimate of drug-likeness (QED) is 0.449. The normalized spacial score (nSPS) is 11.1. The van der Waals surface area contributed by atoms with E-state index in [1.54, 1.807) is 35.7 Å². The lowest BCUT2D eigenvalue weighted by Gasteiger charge is -2.02. The minimum atomic E-state index is -0.499. The van der Waals surface area contributed by atoms with E-state index in [1.165, 1.54) is 12.3 Å². The standard InChI is InChI=1S/C17H15N5O3/c1-11-6-5-9-21-15(12(2)19-16(11)21)17(23)20-18-10-13-7-3-4-8-14(13)22(24)25/h3-10H,1-2H3,(H,20,23)/b18-10-. The second-order valence-electron chi connectivity index (χ2n) is 5.45. The highest BCUT2D eigenvalue weighted by Gasteiger charge is 2.17. The Bertz CT molecular complexity index is 1010. The first-order chi connectivity index (χ1) is 12.0. The number of rotatable bonds is 4. The van der Waals surface area contributed by atoms with Gasteiger partial charge in [0.05, 0.1) is 22.4 Å². The minimum absolute atomic E-state index is 0.0814. The summed E-state index contributed by atoms with van der Waals surface area (Å²) in [6.45, 7) is 3.66. The van der Waals surface area contributed by atoms with Crippen LogP contribution in [0.3, 0.4) is 0 Å². The van der Waals surface area contributed by atoms with E-state index in [0.717, 1.165) is 5.56 Å². The third kappa shape index (κ3) is 3.09. The number of benzene rings is 1. The zero-order valence-electron chi connectivity index (χ0n) is 13.6. The highest BCUT2D eigenvalue weighted by Crippen LogP contribution is 2.16. The zero-order chi connectivity index (χ0) is 18.0. The molecule has 0 radical (unpaired) electrons. The lowest BCUT2D eigenvalue weighted by molar-refractivity contribution is -0.385. The van der Waals surface area contributed by atoms with E-state index in [4.69, 9.17) is 0 Å². The summed E-state index contributed by atoms with van der Waals surface area (Å²) in [4.78, 5) is 27.3. The molecule has 0 aliphatic heterocycles. The van der Waals surface area contributed by atoms with Crippen LogP contribution in [-0.4, -0.2) is 26.4 Å². The van der Waals surface area contributed by atoms with Crippen LogP contribution in [0, 0.1) is 24.0 Å². The summed E-state index contributed by atoms with van der Waals surface area (Å²) < 4.78 is 1.69. The summed E-state index contributed by atoms with van der Waals surface area (Å²) in [5, 5.41) is 14.8. The Balaban J connectivity index is 1.86. The van der Waals surface area contributed by atoms with E-state index in [1.807, 2.05) is 19.1 Å². The number of nitrogens with zero attached hydrogens (tertiary/aromatic N) is 4. The van der Waals surface area contributed by atoms with E-state index in [0.29, 0.717) is 22.6 Å². The van der Waals surface area contributed by atoms with Crippen molar-refractivity contribution in [3.8, 4) is 0 Å². The van der Waals surface area contributed by atoms with Crippen molar-refractivity contribution in [1.82, 2.24) is 14.8 Å². The van der Waals surface area contributed by atoms with Crippen LogP contribution in [-0.2, 0) is 0 Å². The Morgan fingerprint density at radius 1 is 1.28 bits per heavy atom. The molecule has 1 aromatic carbocycles. The molecule has 1 N–H and O–H groups in total. The van der Waals surface area contributed by atoms with Crippen LogP contribution in [0.2, 0.25) is 0 Å². The SMILES string of the molecule is Cc1nc2c(C)cccn2c1C(=O)N/N=C\c1ccccc1[N+](=O)[O-]. The number of fused-ring (bicyclic) bond motifs is 1. The van der Waals surface area contributed by atoms with Gasteiger partial charge in [0.2, 0.25) is 0 Å². The number of nitro benzene ring substituents is 1. The largest absolute Gasteiger partial charge is 0.295 e. The van der Waals surface area contributed by atoms with Crippen molar-refractivity contribution in [3.05, 3.63) is 75.2 Å². The third-order valence-corrected chi connectivity index (χ3v) is 3.74. The Labute approximate surface area is 143 Å². The number of aryl methyl sites for hydroxylation is 2. The van der Waals surface area contributed by atoms with Crippen molar-refractivity contribution in [2.75, 3.05) is 0 Å². The Kier molecular flexibility index (Phi) is 4.25. The van der Waals surface area contributed by atoms with E-state index in [2.05, 4.69) is 15.5 Å². The monoisotopic (exact) mass is 337 g/mol. The number of pyridine rings is 1. The van der Waals surface area contributed by atoms with Gasteiger partial charge in [-0.2, -0.15) is 5.10 Å². The molecule has 0 aliphatic carbocycles. The van der Waals surface area contributed by atoms with Crippen molar-refractivity contribution in [3.63, 3.8) is 0 Å². The number of hydrogen-bond acceptors (Lipinski definition) is 5. The van der Waals surface area contributed by atoms with Crippen LogP contribution in [0.25, 0.3) is 5.65 Å². The summed E-state index contributed by atoms with van der Waals surface area (Å²) >= 11 is 0. The van der Waals surface area contributed by atoms with Crippen LogP contribution in [0.1, 0.15) is 27.3 Å². The van der Waals surface area contributed by atoms with Crippen LogP contribution < -0.4 is 5.43 Å². The van der Waals surface area contributed by atoms with Gasteiger partial charge < -0.3 is 0 Å². The van der Waals surface area contributed by atoms with Gasteiger partial charge in [-0.25, -0.2) is 10.4 Å². The Morgan fingerprint density at radius 2 is 2.04 bits per heavy atom. The molecule has 8 nitrogen and oxygen atoms in total. The van der Waals surface area contributed by atoms with Crippen molar-refractivity contribution in [2.24, 2.45) is 5.10 Å².